The highest BCUT2D eigenvalue weighted by Crippen LogP contribution is 2.45. The molecule has 0 aromatic carbocycles. The van der Waals surface area contributed by atoms with Crippen LogP contribution in [0.2, 0.25) is 5.02 Å². The van der Waals surface area contributed by atoms with Crippen LogP contribution in [0.5, 0.6) is 0 Å². The highest BCUT2D eigenvalue weighted by Gasteiger charge is 2.44. The molecule has 1 aliphatic carbocycles. The van der Waals surface area contributed by atoms with Crippen LogP contribution in [0.15, 0.2) is 18.3 Å². The number of hydrogen-bond donors (Lipinski definition) is 0. The Balaban J connectivity index is 1.71. The summed E-state index contributed by atoms with van der Waals surface area (Å²) in [5.74, 6) is 0.973. The third kappa shape index (κ3) is 1.69. The zero-order chi connectivity index (χ0) is 11.0. The largest absolute Gasteiger partial charge is 0.354 e. The lowest BCUT2D eigenvalue weighted by Gasteiger charge is -2.53. The van der Waals surface area contributed by atoms with E-state index in [9.17, 15) is 0 Å². The van der Waals surface area contributed by atoms with Crippen LogP contribution in [0, 0.1) is 5.41 Å². The van der Waals surface area contributed by atoms with Gasteiger partial charge < -0.3 is 4.90 Å². The Labute approximate surface area is 102 Å². The Bertz CT molecular complexity index is 377. The molecule has 2 fully saturated rings. The Morgan fingerprint density at radius 1 is 1.19 bits per heavy atom. The van der Waals surface area contributed by atoms with Crippen molar-refractivity contribution in [2.45, 2.75) is 32.1 Å². The van der Waals surface area contributed by atoms with Crippen LogP contribution in [-0.2, 0) is 0 Å². The van der Waals surface area contributed by atoms with E-state index in [-0.39, 0.29) is 0 Å². The van der Waals surface area contributed by atoms with Gasteiger partial charge in [-0.25, -0.2) is 4.98 Å². The van der Waals surface area contributed by atoms with E-state index in [1.54, 1.807) is 0 Å². The van der Waals surface area contributed by atoms with Crippen LogP contribution in [0.1, 0.15) is 32.1 Å². The fourth-order valence-corrected chi connectivity index (χ4v) is 3.38. The molecule has 0 amide bonds. The number of aromatic nitrogens is 1. The first-order valence-electron chi connectivity index (χ1n) is 6.15. The minimum atomic E-state index is 0.596. The Morgan fingerprint density at radius 3 is 2.62 bits per heavy atom. The maximum Gasteiger partial charge on any atom is 0.147 e. The number of pyridine rings is 1. The van der Waals surface area contributed by atoms with Crippen LogP contribution >= 0.6 is 11.6 Å². The van der Waals surface area contributed by atoms with E-state index in [0.717, 1.165) is 23.9 Å². The van der Waals surface area contributed by atoms with Crippen LogP contribution < -0.4 is 4.90 Å². The van der Waals surface area contributed by atoms with Crippen molar-refractivity contribution in [1.29, 1.82) is 0 Å². The second-order valence-corrected chi connectivity index (χ2v) is 5.63. The monoisotopic (exact) mass is 236 g/mol. The number of hydrogen-bond acceptors (Lipinski definition) is 2. The highest BCUT2D eigenvalue weighted by molar-refractivity contribution is 6.32. The lowest BCUT2D eigenvalue weighted by molar-refractivity contribution is 0.138. The van der Waals surface area contributed by atoms with Crippen molar-refractivity contribution in [3.63, 3.8) is 0 Å². The van der Waals surface area contributed by atoms with Gasteiger partial charge in [0.1, 0.15) is 5.82 Å². The lowest BCUT2D eigenvalue weighted by atomic mass is 9.68. The summed E-state index contributed by atoms with van der Waals surface area (Å²) >= 11 is 6.15. The topological polar surface area (TPSA) is 16.1 Å². The van der Waals surface area contributed by atoms with Gasteiger partial charge in [-0.2, -0.15) is 0 Å². The molecule has 86 valence electrons. The Morgan fingerprint density at radius 2 is 1.94 bits per heavy atom. The molecule has 0 atom stereocenters. The van der Waals surface area contributed by atoms with Crippen molar-refractivity contribution in [3.8, 4) is 0 Å². The van der Waals surface area contributed by atoms with E-state index in [1.807, 2.05) is 18.3 Å². The summed E-state index contributed by atoms with van der Waals surface area (Å²) in [5, 5.41) is 0.785. The molecule has 0 N–H and O–H groups in total. The van der Waals surface area contributed by atoms with Crippen LogP contribution in [0.4, 0.5) is 5.82 Å². The van der Waals surface area contributed by atoms with Crippen LogP contribution in [0.25, 0.3) is 0 Å². The third-order valence-electron chi connectivity index (χ3n) is 4.01. The summed E-state index contributed by atoms with van der Waals surface area (Å²) in [5.41, 5.74) is 0.596. The van der Waals surface area contributed by atoms with E-state index < -0.39 is 0 Å². The molecular formula is C13H17ClN2. The van der Waals surface area contributed by atoms with E-state index in [2.05, 4.69) is 9.88 Å². The molecule has 2 nitrogen and oxygen atoms in total. The highest BCUT2D eigenvalue weighted by atomic mass is 35.5. The van der Waals surface area contributed by atoms with Gasteiger partial charge in [-0.15, -0.1) is 0 Å². The molecule has 16 heavy (non-hydrogen) atoms. The molecule has 3 heteroatoms. The van der Waals surface area contributed by atoms with Crippen molar-refractivity contribution >= 4 is 17.4 Å². The SMILES string of the molecule is Clc1cccnc1N1CC2(CCCCC2)C1. The fourth-order valence-electron chi connectivity index (χ4n) is 3.14. The Hall–Kier alpha value is -0.760. The Kier molecular flexibility index (Phi) is 2.55. The van der Waals surface area contributed by atoms with E-state index in [0.29, 0.717) is 5.41 Å². The average molecular weight is 237 g/mol. The van der Waals surface area contributed by atoms with Crippen molar-refractivity contribution < 1.29 is 0 Å². The lowest BCUT2D eigenvalue weighted by Crippen LogP contribution is -2.57. The first-order chi connectivity index (χ1) is 7.79. The predicted octanol–water partition coefficient (Wildman–Crippen LogP) is 3.51. The predicted molar refractivity (Wildman–Crippen MR) is 67.0 cm³/mol. The van der Waals surface area contributed by atoms with E-state index >= 15 is 0 Å². The molecule has 0 bridgehead atoms. The number of nitrogens with zero attached hydrogens (tertiary/aromatic N) is 2. The molecule has 1 saturated heterocycles. The van der Waals surface area contributed by atoms with Gasteiger partial charge in [-0.3, -0.25) is 0 Å². The molecule has 1 saturated carbocycles. The molecule has 2 aliphatic rings. The molecule has 2 heterocycles. The van der Waals surface area contributed by atoms with Gasteiger partial charge in [0.05, 0.1) is 5.02 Å². The van der Waals surface area contributed by atoms with E-state index in [4.69, 9.17) is 11.6 Å². The number of halogens is 1. The van der Waals surface area contributed by atoms with Gasteiger partial charge in [0.25, 0.3) is 0 Å². The maximum atomic E-state index is 6.15. The minimum Gasteiger partial charge on any atom is -0.354 e. The van der Waals surface area contributed by atoms with Crippen molar-refractivity contribution in [1.82, 2.24) is 4.98 Å². The van der Waals surface area contributed by atoms with Gasteiger partial charge in [0.15, 0.2) is 0 Å². The average Bonchev–Trinajstić information content (AvgIpc) is 2.28. The summed E-state index contributed by atoms with van der Waals surface area (Å²) in [6.07, 6.45) is 8.86. The third-order valence-corrected chi connectivity index (χ3v) is 4.30. The molecular weight excluding hydrogens is 220 g/mol. The molecule has 1 aromatic rings. The van der Waals surface area contributed by atoms with Gasteiger partial charge in [0, 0.05) is 24.7 Å². The van der Waals surface area contributed by atoms with E-state index in [1.165, 1.54) is 32.1 Å². The van der Waals surface area contributed by atoms with Crippen LogP contribution in [0.3, 0.4) is 0 Å². The van der Waals surface area contributed by atoms with Gasteiger partial charge >= 0.3 is 0 Å². The zero-order valence-electron chi connectivity index (χ0n) is 9.45. The summed E-state index contributed by atoms with van der Waals surface area (Å²) in [7, 11) is 0. The number of anilines is 1. The quantitative estimate of drug-likeness (QED) is 0.742. The minimum absolute atomic E-state index is 0.596. The summed E-state index contributed by atoms with van der Waals surface area (Å²) in [6.45, 7) is 2.31. The standard InChI is InChI=1S/C13H17ClN2/c14-11-5-4-8-15-12(11)16-9-13(10-16)6-2-1-3-7-13/h4-5,8H,1-3,6-7,9-10H2. The van der Waals surface area contributed by atoms with Crippen LogP contribution in [-0.4, -0.2) is 18.1 Å². The summed E-state index contributed by atoms with van der Waals surface area (Å²) in [4.78, 5) is 6.70. The van der Waals surface area contributed by atoms with Crippen molar-refractivity contribution in [2.75, 3.05) is 18.0 Å². The summed E-state index contributed by atoms with van der Waals surface area (Å²) < 4.78 is 0. The van der Waals surface area contributed by atoms with Crippen molar-refractivity contribution in [3.05, 3.63) is 23.4 Å². The fraction of sp³-hybridized carbons (Fsp3) is 0.615. The smallest absolute Gasteiger partial charge is 0.147 e. The molecule has 0 radical (unpaired) electrons. The van der Waals surface area contributed by atoms with Gasteiger partial charge in [-0.1, -0.05) is 30.9 Å². The molecule has 1 aromatic heterocycles. The molecule has 0 unspecified atom stereocenters. The van der Waals surface area contributed by atoms with Gasteiger partial charge in [0.2, 0.25) is 0 Å². The van der Waals surface area contributed by atoms with Gasteiger partial charge in [-0.05, 0) is 25.0 Å². The second-order valence-electron chi connectivity index (χ2n) is 5.23. The van der Waals surface area contributed by atoms with Crippen molar-refractivity contribution in [2.24, 2.45) is 5.41 Å². The zero-order valence-corrected chi connectivity index (χ0v) is 10.2. The first-order valence-corrected chi connectivity index (χ1v) is 6.52. The number of rotatable bonds is 1. The first kappa shape index (κ1) is 10.4. The molecule has 1 spiro atoms. The molecule has 1 aliphatic heterocycles. The second kappa shape index (κ2) is 3.92. The molecule has 3 rings (SSSR count). The normalized spacial score (nSPS) is 23.2. The maximum absolute atomic E-state index is 6.15. The summed E-state index contributed by atoms with van der Waals surface area (Å²) in [6, 6.07) is 3.82.